The SMILES string of the molecule is COC(=O)c1ccccc1Nc1nc(Nc2ccc(N3CCC(O)CC3)cc2C)nc2ccsc12. The highest BCUT2D eigenvalue weighted by molar-refractivity contribution is 7.17. The number of hydrogen-bond donors (Lipinski definition) is 3. The lowest BCUT2D eigenvalue weighted by atomic mass is 10.1. The minimum Gasteiger partial charge on any atom is -0.465 e. The number of anilines is 5. The number of aliphatic hydroxyl groups is 1. The third-order valence-electron chi connectivity index (χ3n) is 6.18. The fourth-order valence-corrected chi connectivity index (χ4v) is 5.02. The molecule has 0 saturated carbocycles. The summed E-state index contributed by atoms with van der Waals surface area (Å²) in [5.74, 6) is 0.665. The van der Waals surface area contributed by atoms with E-state index in [0.717, 1.165) is 53.1 Å². The fourth-order valence-electron chi connectivity index (χ4n) is 4.24. The zero-order valence-electron chi connectivity index (χ0n) is 19.6. The van der Waals surface area contributed by atoms with Gasteiger partial charge in [0.05, 0.1) is 34.7 Å². The number of carbonyl (C=O) groups is 1. The summed E-state index contributed by atoms with van der Waals surface area (Å²) in [4.78, 5) is 23.9. The zero-order valence-corrected chi connectivity index (χ0v) is 20.4. The highest BCUT2D eigenvalue weighted by Gasteiger charge is 2.18. The van der Waals surface area contributed by atoms with Crippen LogP contribution in [0.25, 0.3) is 10.2 Å². The highest BCUT2D eigenvalue weighted by Crippen LogP contribution is 2.32. The van der Waals surface area contributed by atoms with Crippen molar-refractivity contribution in [2.45, 2.75) is 25.9 Å². The predicted molar refractivity (Wildman–Crippen MR) is 140 cm³/mol. The van der Waals surface area contributed by atoms with E-state index < -0.39 is 5.97 Å². The first kappa shape index (κ1) is 23.1. The summed E-state index contributed by atoms with van der Waals surface area (Å²) >= 11 is 1.53. The molecular weight excluding hydrogens is 462 g/mol. The van der Waals surface area contributed by atoms with Crippen LogP contribution in [0.15, 0.2) is 53.9 Å². The van der Waals surface area contributed by atoms with Gasteiger partial charge in [-0.3, -0.25) is 0 Å². The van der Waals surface area contributed by atoms with Crippen LogP contribution in [0.1, 0.15) is 28.8 Å². The number of ether oxygens (including phenoxy) is 1. The number of methoxy groups -OCH3 is 1. The molecule has 0 bridgehead atoms. The quantitative estimate of drug-likeness (QED) is 0.317. The van der Waals surface area contributed by atoms with Gasteiger partial charge in [-0.25, -0.2) is 9.78 Å². The predicted octanol–water partition coefficient (Wildman–Crippen LogP) is 5.23. The van der Waals surface area contributed by atoms with Crippen molar-refractivity contribution in [3.8, 4) is 0 Å². The van der Waals surface area contributed by atoms with Crippen LogP contribution in [0.3, 0.4) is 0 Å². The van der Waals surface area contributed by atoms with Crippen LogP contribution in [-0.4, -0.2) is 47.3 Å². The van der Waals surface area contributed by atoms with Gasteiger partial charge >= 0.3 is 5.97 Å². The maximum absolute atomic E-state index is 12.2. The maximum atomic E-state index is 12.2. The summed E-state index contributed by atoms with van der Waals surface area (Å²) in [6, 6.07) is 15.4. The molecule has 0 unspecified atom stereocenters. The largest absolute Gasteiger partial charge is 0.465 e. The number of fused-ring (bicyclic) bond motifs is 1. The monoisotopic (exact) mass is 489 g/mol. The molecule has 1 saturated heterocycles. The van der Waals surface area contributed by atoms with E-state index in [-0.39, 0.29) is 6.10 Å². The van der Waals surface area contributed by atoms with E-state index in [1.54, 1.807) is 12.1 Å². The molecular formula is C26H27N5O3S. The van der Waals surface area contributed by atoms with Gasteiger partial charge in [-0.05, 0) is 67.1 Å². The topological polar surface area (TPSA) is 99.6 Å². The number of rotatable bonds is 6. The van der Waals surface area contributed by atoms with Crippen molar-refractivity contribution in [3.63, 3.8) is 0 Å². The Morgan fingerprint density at radius 3 is 2.66 bits per heavy atom. The molecule has 35 heavy (non-hydrogen) atoms. The number of carbonyl (C=O) groups excluding carboxylic acids is 1. The number of aliphatic hydroxyl groups excluding tert-OH is 1. The van der Waals surface area contributed by atoms with Crippen LogP contribution < -0.4 is 15.5 Å². The van der Waals surface area contributed by atoms with Gasteiger partial charge in [0.2, 0.25) is 5.95 Å². The average Bonchev–Trinajstić information content (AvgIpc) is 3.35. The summed E-state index contributed by atoms with van der Waals surface area (Å²) in [5.41, 5.74) is 5.01. The summed E-state index contributed by atoms with van der Waals surface area (Å²) in [6.07, 6.45) is 1.39. The molecule has 9 heteroatoms. The first-order chi connectivity index (χ1) is 17.0. The second-order valence-corrected chi connectivity index (χ2v) is 9.45. The molecule has 8 nitrogen and oxygen atoms in total. The zero-order chi connectivity index (χ0) is 24.4. The molecule has 0 amide bonds. The molecule has 0 aliphatic carbocycles. The number of aryl methyl sites for hydroxylation is 1. The number of benzene rings is 2. The normalized spacial score (nSPS) is 14.2. The number of para-hydroxylation sites is 1. The molecule has 0 spiro atoms. The molecule has 2 aromatic heterocycles. The lowest BCUT2D eigenvalue weighted by Crippen LogP contribution is -2.35. The van der Waals surface area contributed by atoms with Gasteiger partial charge in [-0.2, -0.15) is 4.98 Å². The van der Waals surface area contributed by atoms with Gasteiger partial charge < -0.3 is 25.4 Å². The minimum atomic E-state index is -0.415. The number of thiophene rings is 1. The number of aromatic nitrogens is 2. The Morgan fingerprint density at radius 2 is 1.89 bits per heavy atom. The van der Waals surface area contributed by atoms with Crippen molar-refractivity contribution >= 4 is 56.4 Å². The van der Waals surface area contributed by atoms with Gasteiger partial charge in [0.15, 0.2) is 5.82 Å². The van der Waals surface area contributed by atoms with E-state index in [1.165, 1.54) is 18.4 Å². The second kappa shape index (κ2) is 9.89. The summed E-state index contributed by atoms with van der Waals surface area (Å²) in [5, 5.41) is 18.4. The molecule has 1 fully saturated rings. The fraction of sp³-hybridized carbons (Fsp3) is 0.269. The van der Waals surface area contributed by atoms with Crippen LogP contribution in [0.2, 0.25) is 0 Å². The van der Waals surface area contributed by atoms with Crippen molar-refractivity contribution < 1.29 is 14.6 Å². The highest BCUT2D eigenvalue weighted by atomic mass is 32.1. The van der Waals surface area contributed by atoms with Gasteiger partial charge in [0, 0.05) is 24.5 Å². The first-order valence-electron chi connectivity index (χ1n) is 11.5. The van der Waals surface area contributed by atoms with Crippen LogP contribution >= 0.6 is 11.3 Å². The third kappa shape index (κ3) is 4.91. The first-order valence-corrected chi connectivity index (χ1v) is 12.4. The van der Waals surface area contributed by atoms with Crippen LogP contribution in [0.4, 0.5) is 28.8 Å². The van der Waals surface area contributed by atoms with Gasteiger partial charge in [-0.15, -0.1) is 11.3 Å². The Bertz CT molecular complexity index is 1360. The Kier molecular flexibility index (Phi) is 6.52. The Labute approximate surface area is 207 Å². The van der Waals surface area contributed by atoms with E-state index >= 15 is 0 Å². The van der Waals surface area contributed by atoms with Crippen LogP contribution in [0.5, 0.6) is 0 Å². The summed E-state index contributed by atoms with van der Waals surface area (Å²) < 4.78 is 5.82. The van der Waals surface area contributed by atoms with Crippen molar-refractivity contribution in [1.29, 1.82) is 0 Å². The molecule has 4 aromatic rings. The smallest absolute Gasteiger partial charge is 0.339 e. The molecule has 1 aliphatic heterocycles. The Morgan fingerprint density at radius 1 is 1.09 bits per heavy atom. The molecule has 2 aromatic carbocycles. The molecule has 5 rings (SSSR count). The Balaban J connectivity index is 1.42. The van der Waals surface area contributed by atoms with Gasteiger partial charge in [0.25, 0.3) is 0 Å². The van der Waals surface area contributed by atoms with Crippen LogP contribution in [0, 0.1) is 6.92 Å². The third-order valence-corrected chi connectivity index (χ3v) is 7.09. The molecule has 0 radical (unpaired) electrons. The Hall–Kier alpha value is -3.69. The van der Waals surface area contributed by atoms with Crippen molar-refractivity contribution in [3.05, 3.63) is 65.0 Å². The lowest BCUT2D eigenvalue weighted by molar-refractivity contribution is 0.0602. The van der Waals surface area contributed by atoms with E-state index in [0.29, 0.717) is 23.0 Å². The number of nitrogens with zero attached hydrogens (tertiary/aromatic N) is 3. The van der Waals surface area contributed by atoms with Crippen LogP contribution in [-0.2, 0) is 4.74 Å². The van der Waals surface area contributed by atoms with E-state index in [2.05, 4.69) is 39.6 Å². The van der Waals surface area contributed by atoms with E-state index in [4.69, 9.17) is 9.72 Å². The van der Waals surface area contributed by atoms with Crippen molar-refractivity contribution in [2.24, 2.45) is 0 Å². The summed E-state index contributed by atoms with van der Waals surface area (Å²) in [6.45, 7) is 3.76. The standard InChI is InChI=1S/C26H27N5O3S/c1-16-15-17(31-12-9-18(32)10-13-31)7-8-20(16)28-26-29-22-11-14-35-23(22)24(30-26)27-21-6-4-3-5-19(21)25(33)34-2/h3-8,11,14-15,18,32H,9-10,12-13H2,1-2H3,(H2,27,28,29,30). The second-order valence-electron chi connectivity index (χ2n) is 8.54. The van der Waals surface area contributed by atoms with Crippen molar-refractivity contribution in [1.82, 2.24) is 9.97 Å². The maximum Gasteiger partial charge on any atom is 0.339 e. The molecule has 3 heterocycles. The molecule has 0 atom stereocenters. The summed E-state index contributed by atoms with van der Waals surface area (Å²) in [7, 11) is 1.37. The number of piperidine rings is 1. The average molecular weight is 490 g/mol. The number of esters is 1. The lowest BCUT2D eigenvalue weighted by Gasteiger charge is -2.31. The molecule has 180 valence electrons. The number of hydrogen-bond acceptors (Lipinski definition) is 9. The van der Waals surface area contributed by atoms with Gasteiger partial charge in [-0.1, -0.05) is 12.1 Å². The number of nitrogens with one attached hydrogen (secondary N) is 2. The molecule has 1 aliphatic rings. The molecule has 3 N–H and O–H groups in total. The van der Waals surface area contributed by atoms with E-state index in [9.17, 15) is 9.90 Å². The van der Waals surface area contributed by atoms with E-state index in [1.807, 2.05) is 29.6 Å². The minimum absolute atomic E-state index is 0.195. The van der Waals surface area contributed by atoms with Gasteiger partial charge in [0.1, 0.15) is 0 Å². The van der Waals surface area contributed by atoms with Crippen molar-refractivity contribution in [2.75, 3.05) is 35.7 Å².